The first-order chi connectivity index (χ1) is 43.5. The Morgan fingerprint density at radius 2 is 0.544 bits per heavy atom. The summed E-state index contributed by atoms with van der Waals surface area (Å²) in [6.07, 6.45) is 21.6. The third-order valence-electron chi connectivity index (χ3n) is 13.8. The average Bonchev–Trinajstić information content (AvgIpc) is 3.60. The fourth-order valence-corrected chi connectivity index (χ4v) is 12.5. The van der Waals surface area contributed by atoms with E-state index in [1.165, 1.54) is 0 Å². The van der Waals surface area contributed by atoms with E-state index in [2.05, 4.69) is 31.2 Å². The van der Waals surface area contributed by atoms with Gasteiger partial charge >= 0.3 is 47.8 Å². The van der Waals surface area contributed by atoms with Crippen molar-refractivity contribution in [3.05, 3.63) is 50.6 Å². The van der Waals surface area contributed by atoms with Crippen molar-refractivity contribution in [3.63, 3.8) is 0 Å². The van der Waals surface area contributed by atoms with Crippen molar-refractivity contribution in [2.24, 2.45) is 23.7 Å². The van der Waals surface area contributed by atoms with E-state index in [0.29, 0.717) is 88.2 Å². The molecule has 0 amide bonds. The number of unbranched alkanes of at least 4 members (excludes halogenated alkanes) is 8. The SMILES string of the molecule is C=CCCCCSCC(C)C(=O)OCCOC(=O)CCN(CCCN(C)CCCN(CCC(=O)OCCOC(=O)C(C)CSCCCCC=C)CCC(=O)OCCOC(=O)C(C)CSCCCCC=C)CCC(=O)OCCOC(=O)C(C)CSCCCCC=C. The van der Waals surface area contributed by atoms with Crippen LogP contribution in [0.15, 0.2) is 50.6 Å². The molecule has 0 bridgehead atoms. The molecule has 0 N–H and O–H groups in total. The van der Waals surface area contributed by atoms with Gasteiger partial charge in [0, 0.05) is 49.2 Å². The molecular formula is C67H115N3O16S4. The first-order valence-corrected chi connectivity index (χ1v) is 37.3. The maximum Gasteiger partial charge on any atom is 0.309 e. The van der Waals surface area contributed by atoms with Crippen molar-refractivity contribution in [2.75, 3.05) is 158 Å². The van der Waals surface area contributed by atoms with Crippen molar-refractivity contribution < 1.29 is 76.3 Å². The normalized spacial score (nSPS) is 12.5. The van der Waals surface area contributed by atoms with Crippen molar-refractivity contribution >= 4 is 94.8 Å². The Labute approximate surface area is 558 Å². The van der Waals surface area contributed by atoms with Crippen molar-refractivity contribution in [3.8, 4) is 0 Å². The Bertz CT molecular complexity index is 1710. The van der Waals surface area contributed by atoms with Gasteiger partial charge in [0.15, 0.2) is 0 Å². The van der Waals surface area contributed by atoms with Gasteiger partial charge in [-0.15, -0.1) is 26.3 Å². The van der Waals surface area contributed by atoms with Gasteiger partial charge < -0.3 is 52.6 Å². The molecule has 0 fully saturated rings. The van der Waals surface area contributed by atoms with E-state index in [0.717, 1.165) is 100 Å². The zero-order valence-corrected chi connectivity index (χ0v) is 58.9. The molecule has 19 nitrogen and oxygen atoms in total. The fraction of sp³-hybridized carbons (Fsp3) is 0.761. The number of hydrogen-bond donors (Lipinski definition) is 0. The van der Waals surface area contributed by atoms with Crippen LogP contribution in [-0.4, -0.2) is 221 Å². The Morgan fingerprint density at radius 1 is 0.322 bits per heavy atom. The molecule has 0 rings (SSSR count). The fourth-order valence-electron chi connectivity index (χ4n) is 8.24. The molecular weight excluding hydrogens is 1230 g/mol. The van der Waals surface area contributed by atoms with E-state index in [1.54, 1.807) is 47.0 Å². The Kier molecular flexibility index (Phi) is 58.5. The molecule has 4 unspecified atom stereocenters. The van der Waals surface area contributed by atoms with Gasteiger partial charge in [0.05, 0.1) is 49.4 Å². The lowest BCUT2D eigenvalue weighted by Gasteiger charge is -2.25. The summed E-state index contributed by atoms with van der Waals surface area (Å²) < 4.78 is 43.2. The minimum atomic E-state index is -0.462. The zero-order chi connectivity index (χ0) is 66.7. The van der Waals surface area contributed by atoms with Gasteiger partial charge in [0.2, 0.25) is 0 Å². The summed E-state index contributed by atoms with van der Waals surface area (Å²) in [6, 6.07) is 0. The number of carbonyl (C=O) groups is 8. The minimum absolute atomic E-state index is 0.0444. The van der Waals surface area contributed by atoms with Crippen LogP contribution in [0, 0.1) is 23.7 Å². The number of ether oxygens (including phenoxy) is 8. The lowest BCUT2D eigenvalue weighted by molar-refractivity contribution is -0.154. The molecule has 90 heavy (non-hydrogen) atoms. The molecule has 0 aliphatic rings. The predicted molar refractivity (Wildman–Crippen MR) is 368 cm³/mol. The van der Waals surface area contributed by atoms with Crippen molar-refractivity contribution in [1.29, 1.82) is 0 Å². The van der Waals surface area contributed by atoms with E-state index >= 15 is 0 Å². The summed E-state index contributed by atoms with van der Waals surface area (Å²) in [5, 5.41) is 0. The summed E-state index contributed by atoms with van der Waals surface area (Å²) in [5.74, 6) is 2.09. The second-order valence-corrected chi connectivity index (χ2v) is 26.9. The lowest BCUT2D eigenvalue weighted by Crippen LogP contribution is -2.34. The summed E-state index contributed by atoms with van der Waals surface area (Å²) in [5.41, 5.74) is 0. The number of allylic oxidation sites excluding steroid dienone is 4. The minimum Gasteiger partial charge on any atom is -0.462 e. The van der Waals surface area contributed by atoms with Gasteiger partial charge in [0.25, 0.3) is 0 Å². The lowest BCUT2D eigenvalue weighted by atomic mass is 10.2. The number of thioether (sulfide) groups is 4. The second kappa shape index (κ2) is 61.2. The molecule has 0 aliphatic heterocycles. The molecule has 0 aromatic heterocycles. The summed E-state index contributed by atoms with van der Waals surface area (Å²) in [7, 11) is 1.99. The van der Waals surface area contributed by atoms with Crippen LogP contribution in [0.3, 0.4) is 0 Å². The zero-order valence-electron chi connectivity index (χ0n) is 55.7. The molecule has 0 aromatic carbocycles. The smallest absolute Gasteiger partial charge is 0.309 e. The molecule has 0 radical (unpaired) electrons. The van der Waals surface area contributed by atoms with Crippen LogP contribution in [0.25, 0.3) is 0 Å². The standard InChI is InChI=1S/C67H115N3O16S4/c1-10-14-18-22-48-87-52-56(5)64(75)83-44-40-79-60(71)28-36-69(37-29-61(72)80-41-45-84-65(76)57(6)53-88-49-23-19-15-11-2)34-26-32-68(9)33-27-35-70(38-30-62(73)81-42-46-85-66(77)58(7)54-89-50-24-20-16-12-3)39-31-63(74)82-43-47-86-67(78)59(8)55-90-51-25-21-17-13-4/h10-13,56-59H,1-4,14-55H2,5-9H3. The number of rotatable bonds is 64. The highest BCUT2D eigenvalue weighted by atomic mass is 32.2. The highest BCUT2D eigenvalue weighted by Crippen LogP contribution is 2.17. The monoisotopic (exact) mass is 1350 g/mol. The number of esters is 8. The summed E-state index contributed by atoms with van der Waals surface area (Å²) in [6.45, 7) is 25.5. The average molecular weight is 1350 g/mol. The number of carbonyl (C=O) groups excluding carboxylic acids is 8. The van der Waals surface area contributed by atoms with Gasteiger partial charge in [0.1, 0.15) is 52.9 Å². The molecule has 0 heterocycles. The third-order valence-corrected chi connectivity index (χ3v) is 19.0. The maximum absolute atomic E-state index is 12.9. The molecule has 0 saturated carbocycles. The van der Waals surface area contributed by atoms with Crippen LogP contribution < -0.4 is 0 Å². The second-order valence-electron chi connectivity index (χ2n) is 22.3. The van der Waals surface area contributed by atoms with Gasteiger partial charge in [-0.2, -0.15) is 47.0 Å². The van der Waals surface area contributed by atoms with E-state index in [-0.39, 0.29) is 126 Å². The first kappa shape index (κ1) is 86.0. The van der Waals surface area contributed by atoms with Crippen LogP contribution in [0.5, 0.6) is 0 Å². The van der Waals surface area contributed by atoms with Crippen LogP contribution in [0.4, 0.5) is 0 Å². The number of hydrogen-bond acceptors (Lipinski definition) is 23. The molecule has 0 spiro atoms. The van der Waals surface area contributed by atoms with Gasteiger partial charge in [-0.25, -0.2) is 0 Å². The predicted octanol–water partition coefficient (Wildman–Crippen LogP) is 11.1. The quantitative estimate of drug-likeness (QED) is 0.0239. The van der Waals surface area contributed by atoms with E-state index in [1.807, 2.05) is 68.8 Å². The first-order valence-electron chi connectivity index (χ1n) is 32.6. The van der Waals surface area contributed by atoms with Crippen LogP contribution in [-0.2, 0) is 76.3 Å². The Morgan fingerprint density at radius 3 is 0.767 bits per heavy atom. The van der Waals surface area contributed by atoms with Gasteiger partial charge in [-0.1, -0.05) is 52.0 Å². The molecule has 518 valence electrons. The molecule has 0 aromatic rings. The Balaban J connectivity index is 5.49. The van der Waals surface area contributed by atoms with Crippen molar-refractivity contribution in [2.45, 2.75) is 143 Å². The highest BCUT2D eigenvalue weighted by Gasteiger charge is 2.21. The molecule has 0 saturated heterocycles. The molecule has 4 atom stereocenters. The highest BCUT2D eigenvalue weighted by molar-refractivity contribution is 7.99. The van der Waals surface area contributed by atoms with Crippen molar-refractivity contribution in [1.82, 2.24) is 14.7 Å². The largest absolute Gasteiger partial charge is 0.462 e. The van der Waals surface area contributed by atoms with Crippen LogP contribution >= 0.6 is 47.0 Å². The summed E-state index contributed by atoms with van der Waals surface area (Å²) >= 11 is 6.84. The van der Waals surface area contributed by atoms with Crippen LogP contribution in [0.1, 0.15) is 143 Å². The third kappa shape index (κ3) is 53.5. The Hall–Kier alpha value is -4.00. The molecule has 0 aliphatic carbocycles. The van der Waals surface area contributed by atoms with E-state index in [4.69, 9.17) is 37.9 Å². The van der Waals surface area contributed by atoms with E-state index < -0.39 is 23.9 Å². The molecule has 23 heteroatoms. The summed E-state index contributed by atoms with van der Waals surface area (Å²) in [4.78, 5) is 108. The van der Waals surface area contributed by atoms with Gasteiger partial charge in [-0.05, 0) is 146 Å². The van der Waals surface area contributed by atoms with Crippen LogP contribution in [0.2, 0.25) is 0 Å². The maximum atomic E-state index is 12.9. The van der Waals surface area contributed by atoms with E-state index in [9.17, 15) is 38.4 Å². The van der Waals surface area contributed by atoms with Gasteiger partial charge in [-0.3, -0.25) is 38.4 Å². The topological polar surface area (TPSA) is 220 Å². The number of nitrogens with zero attached hydrogens (tertiary/aromatic N) is 3.